The number of anilines is 3. The highest BCUT2D eigenvalue weighted by molar-refractivity contribution is 7.10. The van der Waals surface area contributed by atoms with Crippen molar-refractivity contribution in [1.82, 2.24) is 9.36 Å². The highest BCUT2D eigenvalue weighted by Gasteiger charge is 2.18. The Balaban J connectivity index is 2.29. The van der Waals surface area contributed by atoms with Gasteiger partial charge in [0.05, 0.1) is 23.3 Å². The first-order valence-electron chi connectivity index (χ1n) is 7.82. The summed E-state index contributed by atoms with van der Waals surface area (Å²) in [5, 5.41) is 6.92. The molecule has 0 aliphatic rings. The number of pyridine rings is 1. The van der Waals surface area contributed by atoms with Crippen LogP contribution < -0.4 is 22.1 Å². The lowest BCUT2D eigenvalue weighted by atomic mass is 10.0. The minimum absolute atomic E-state index is 0.107. The molecule has 0 saturated heterocycles. The zero-order valence-electron chi connectivity index (χ0n) is 14.4. The number of nitrogens with one attached hydrogen (secondary N) is 2. The summed E-state index contributed by atoms with van der Waals surface area (Å²) >= 11 is 1.26. The fraction of sp³-hybridized carbons (Fsp3) is 0.375. The van der Waals surface area contributed by atoms with Crippen LogP contribution in [0.5, 0.6) is 0 Å². The number of primary amides is 2. The number of carbonyl (C=O) groups excluding carboxylic acids is 2. The first-order valence-corrected chi connectivity index (χ1v) is 8.59. The van der Waals surface area contributed by atoms with Gasteiger partial charge in [-0.1, -0.05) is 13.8 Å². The number of nitrogens with two attached hydrogens (primary N) is 2. The summed E-state index contributed by atoms with van der Waals surface area (Å²) in [6.45, 7) is 5.88. The Kier molecular flexibility index (Phi) is 5.92. The van der Waals surface area contributed by atoms with Crippen molar-refractivity contribution >= 4 is 39.7 Å². The van der Waals surface area contributed by atoms with E-state index in [1.54, 1.807) is 6.07 Å². The number of amides is 2. The Morgan fingerprint density at radius 1 is 1.28 bits per heavy atom. The molecule has 134 valence electrons. The molecule has 1 atom stereocenters. The predicted molar refractivity (Wildman–Crippen MR) is 98.9 cm³/mol. The maximum atomic E-state index is 11.6. The van der Waals surface area contributed by atoms with E-state index in [9.17, 15) is 9.59 Å². The second kappa shape index (κ2) is 7.93. The van der Waals surface area contributed by atoms with Crippen LogP contribution in [0.4, 0.5) is 16.4 Å². The standard InChI is InChI=1S/C16H22N6O2S/c1-8(2)4-12(15(17)23)20-10-6-11(14(16(18)24)19-7-10)21-13-5-9(3)22-25-13/h5-8,12,20-21H,4H2,1-3H3,(H2,17,23)(H2,18,24)/t12-/m1/s1. The molecule has 2 amide bonds. The van der Waals surface area contributed by atoms with Gasteiger partial charge >= 0.3 is 0 Å². The Hall–Kier alpha value is -2.68. The van der Waals surface area contributed by atoms with Gasteiger partial charge in [0.2, 0.25) is 5.91 Å². The van der Waals surface area contributed by atoms with Crippen LogP contribution in [0.3, 0.4) is 0 Å². The molecule has 2 aromatic rings. The summed E-state index contributed by atoms with van der Waals surface area (Å²) < 4.78 is 4.18. The van der Waals surface area contributed by atoms with Gasteiger partial charge in [0.1, 0.15) is 11.0 Å². The van der Waals surface area contributed by atoms with E-state index in [1.165, 1.54) is 17.7 Å². The zero-order chi connectivity index (χ0) is 18.6. The zero-order valence-corrected chi connectivity index (χ0v) is 15.2. The van der Waals surface area contributed by atoms with Crippen molar-refractivity contribution in [3.05, 3.63) is 29.7 Å². The molecule has 0 spiro atoms. The molecule has 8 nitrogen and oxygen atoms in total. The van der Waals surface area contributed by atoms with E-state index in [0.717, 1.165) is 10.7 Å². The fourth-order valence-electron chi connectivity index (χ4n) is 2.31. The van der Waals surface area contributed by atoms with Crippen molar-refractivity contribution < 1.29 is 9.59 Å². The van der Waals surface area contributed by atoms with Gasteiger partial charge < -0.3 is 22.1 Å². The maximum Gasteiger partial charge on any atom is 0.269 e. The van der Waals surface area contributed by atoms with Crippen LogP contribution in [-0.4, -0.2) is 27.2 Å². The van der Waals surface area contributed by atoms with Gasteiger partial charge in [0, 0.05) is 0 Å². The third-order valence-corrected chi connectivity index (χ3v) is 4.19. The summed E-state index contributed by atoms with van der Waals surface area (Å²) in [6.07, 6.45) is 2.04. The van der Waals surface area contributed by atoms with Gasteiger partial charge in [0.25, 0.3) is 5.91 Å². The molecule has 0 radical (unpaired) electrons. The Morgan fingerprint density at radius 3 is 2.52 bits per heavy atom. The average molecular weight is 362 g/mol. The fourth-order valence-corrected chi connectivity index (χ4v) is 2.98. The third-order valence-electron chi connectivity index (χ3n) is 3.40. The van der Waals surface area contributed by atoms with Crippen LogP contribution in [0.2, 0.25) is 0 Å². The molecule has 25 heavy (non-hydrogen) atoms. The number of aromatic nitrogens is 2. The first kappa shape index (κ1) is 18.7. The topological polar surface area (TPSA) is 136 Å². The molecule has 9 heteroatoms. The lowest BCUT2D eigenvalue weighted by Gasteiger charge is -2.19. The Bertz CT molecular complexity index is 774. The van der Waals surface area contributed by atoms with Crippen LogP contribution >= 0.6 is 11.5 Å². The van der Waals surface area contributed by atoms with E-state index in [4.69, 9.17) is 11.5 Å². The third kappa shape index (κ3) is 5.15. The number of rotatable bonds is 8. The van der Waals surface area contributed by atoms with Gasteiger partial charge in [-0.2, -0.15) is 4.37 Å². The Labute approximate surface area is 150 Å². The molecule has 2 heterocycles. The summed E-state index contributed by atoms with van der Waals surface area (Å²) in [4.78, 5) is 27.4. The van der Waals surface area contributed by atoms with Gasteiger partial charge in [-0.05, 0) is 42.9 Å². The number of carbonyl (C=O) groups is 2. The Morgan fingerprint density at radius 2 is 2.00 bits per heavy atom. The molecular weight excluding hydrogens is 340 g/mol. The van der Waals surface area contributed by atoms with E-state index >= 15 is 0 Å². The lowest BCUT2D eigenvalue weighted by molar-refractivity contribution is -0.119. The maximum absolute atomic E-state index is 11.6. The number of aryl methyl sites for hydroxylation is 1. The van der Waals surface area contributed by atoms with Gasteiger partial charge in [0.15, 0.2) is 5.69 Å². The van der Waals surface area contributed by atoms with E-state index in [1.807, 2.05) is 26.8 Å². The van der Waals surface area contributed by atoms with Gasteiger partial charge in [-0.25, -0.2) is 4.98 Å². The summed E-state index contributed by atoms with van der Waals surface area (Å²) in [6, 6.07) is 3.00. The quantitative estimate of drug-likeness (QED) is 0.567. The second-order valence-corrected chi connectivity index (χ2v) is 6.98. The molecule has 6 N–H and O–H groups in total. The van der Waals surface area contributed by atoms with Crippen molar-refractivity contribution in [3.8, 4) is 0 Å². The largest absolute Gasteiger partial charge is 0.372 e. The molecule has 0 aromatic carbocycles. The van der Waals surface area contributed by atoms with E-state index in [-0.39, 0.29) is 5.69 Å². The van der Waals surface area contributed by atoms with Crippen LogP contribution in [0.25, 0.3) is 0 Å². The van der Waals surface area contributed by atoms with Crippen LogP contribution in [0.15, 0.2) is 18.3 Å². The molecule has 0 aliphatic carbocycles. The monoisotopic (exact) mass is 362 g/mol. The molecular formula is C16H22N6O2S. The number of hydrogen-bond donors (Lipinski definition) is 4. The predicted octanol–water partition coefficient (Wildman–Crippen LogP) is 2.00. The van der Waals surface area contributed by atoms with Gasteiger partial charge in [-0.3, -0.25) is 9.59 Å². The van der Waals surface area contributed by atoms with E-state index in [0.29, 0.717) is 23.7 Å². The van der Waals surface area contributed by atoms with Crippen molar-refractivity contribution in [1.29, 1.82) is 0 Å². The number of nitrogens with zero attached hydrogens (tertiary/aromatic N) is 2. The van der Waals surface area contributed by atoms with Crippen molar-refractivity contribution in [2.24, 2.45) is 17.4 Å². The smallest absolute Gasteiger partial charge is 0.269 e. The van der Waals surface area contributed by atoms with E-state index < -0.39 is 17.9 Å². The molecule has 0 fully saturated rings. The second-order valence-electron chi connectivity index (χ2n) is 6.17. The van der Waals surface area contributed by atoms with Crippen molar-refractivity contribution in [2.75, 3.05) is 10.6 Å². The molecule has 2 aromatic heterocycles. The molecule has 0 bridgehead atoms. The molecule has 0 unspecified atom stereocenters. The highest BCUT2D eigenvalue weighted by atomic mass is 32.1. The molecule has 0 aliphatic heterocycles. The van der Waals surface area contributed by atoms with Crippen molar-refractivity contribution in [2.45, 2.75) is 33.2 Å². The van der Waals surface area contributed by atoms with Crippen molar-refractivity contribution in [3.63, 3.8) is 0 Å². The molecule has 2 rings (SSSR count). The SMILES string of the molecule is Cc1cc(Nc2cc(N[C@H](CC(C)C)C(N)=O)cnc2C(N)=O)sn1. The van der Waals surface area contributed by atoms with Crippen LogP contribution in [0, 0.1) is 12.8 Å². The van der Waals surface area contributed by atoms with Crippen LogP contribution in [-0.2, 0) is 4.79 Å². The lowest BCUT2D eigenvalue weighted by Crippen LogP contribution is -2.36. The normalized spacial score (nSPS) is 12.0. The summed E-state index contributed by atoms with van der Waals surface area (Å²) in [5.74, 6) is -0.801. The van der Waals surface area contributed by atoms with E-state index in [2.05, 4.69) is 20.0 Å². The number of hydrogen-bond acceptors (Lipinski definition) is 7. The minimum atomic E-state index is -0.649. The highest BCUT2D eigenvalue weighted by Crippen LogP contribution is 2.26. The van der Waals surface area contributed by atoms with Crippen LogP contribution in [0.1, 0.15) is 36.5 Å². The molecule has 0 saturated carbocycles. The summed E-state index contributed by atoms with van der Waals surface area (Å²) in [7, 11) is 0. The average Bonchev–Trinajstić information content (AvgIpc) is 2.91. The summed E-state index contributed by atoms with van der Waals surface area (Å²) in [5.41, 5.74) is 12.8. The minimum Gasteiger partial charge on any atom is -0.372 e. The van der Waals surface area contributed by atoms with Gasteiger partial charge in [-0.15, -0.1) is 0 Å². The first-order chi connectivity index (χ1) is 11.8.